The summed E-state index contributed by atoms with van der Waals surface area (Å²) in [5.41, 5.74) is 5.41. The Balaban J connectivity index is 1.28. The predicted molar refractivity (Wildman–Crippen MR) is 132 cm³/mol. The first kappa shape index (κ1) is 19.2. The molecule has 0 saturated heterocycles. The molecule has 0 fully saturated rings. The maximum absolute atomic E-state index is 13.4. The fourth-order valence-electron chi connectivity index (χ4n) is 4.62. The van der Waals surface area contributed by atoms with E-state index in [0.717, 1.165) is 60.1 Å². The molecule has 5 heterocycles. The Labute approximate surface area is 195 Å². The second-order valence-electron chi connectivity index (χ2n) is 8.41. The fraction of sp³-hybridized carbons (Fsp3) is 0.125. The number of aromatic nitrogens is 8. The van der Waals surface area contributed by atoms with Gasteiger partial charge < -0.3 is 4.57 Å². The van der Waals surface area contributed by atoms with Gasteiger partial charge in [0.1, 0.15) is 10.5 Å². The molecule has 2 N–H and O–H groups in total. The van der Waals surface area contributed by atoms with Crippen LogP contribution in [0.1, 0.15) is 16.1 Å². The molecular weight excluding hydrogens is 448 g/mol. The number of fused-ring (bicyclic) bond motifs is 5. The Morgan fingerprint density at radius 2 is 1.88 bits per heavy atom. The van der Waals surface area contributed by atoms with Crippen molar-refractivity contribution >= 4 is 54.4 Å². The van der Waals surface area contributed by atoms with Crippen molar-refractivity contribution in [1.29, 1.82) is 0 Å². The van der Waals surface area contributed by atoms with Crippen molar-refractivity contribution in [2.24, 2.45) is 7.05 Å². The van der Waals surface area contributed by atoms with Crippen LogP contribution in [0.5, 0.6) is 0 Å². The maximum atomic E-state index is 13.4. The van der Waals surface area contributed by atoms with Crippen molar-refractivity contribution in [1.82, 2.24) is 39.7 Å². The van der Waals surface area contributed by atoms with Crippen LogP contribution >= 0.6 is 11.3 Å². The van der Waals surface area contributed by atoms with E-state index < -0.39 is 0 Å². The van der Waals surface area contributed by atoms with Gasteiger partial charge in [-0.05, 0) is 23.3 Å². The normalized spacial score (nSPS) is 12.0. The van der Waals surface area contributed by atoms with Crippen molar-refractivity contribution in [2.75, 3.05) is 0 Å². The van der Waals surface area contributed by atoms with Crippen molar-refractivity contribution in [3.05, 3.63) is 81.5 Å². The lowest BCUT2D eigenvalue weighted by Gasteiger charge is -2.07. The van der Waals surface area contributed by atoms with E-state index in [-0.39, 0.29) is 5.56 Å². The van der Waals surface area contributed by atoms with E-state index in [2.05, 4.69) is 43.7 Å². The number of aryl methyl sites for hydroxylation is 1. The minimum atomic E-state index is -0.128. The topological polar surface area (TPSA) is 110 Å². The van der Waals surface area contributed by atoms with Crippen molar-refractivity contribution < 1.29 is 0 Å². The molecule has 0 unspecified atom stereocenters. The quantitative estimate of drug-likeness (QED) is 0.411. The Morgan fingerprint density at radius 1 is 1.00 bits per heavy atom. The van der Waals surface area contributed by atoms with Crippen LogP contribution < -0.4 is 5.56 Å². The highest BCUT2D eigenvalue weighted by atomic mass is 32.1. The van der Waals surface area contributed by atoms with Gasteiger partial charge >= 0.3 is 0 Å². The summed E-state index contributed by atoms with van der Waals surface area (Å²) in [6.45, 7) is 0.374. The molecule has 5 aromatic heterocycles. The SMILES string of the molecule is Cn1c2nc(Cc3ccc4cn[nH]c4c3)sc2c2cnn(Cc3cccc4[nH]ncc34)c(=O)c21. The van der Waals surface area contributed by atoms with Gasteiger partial charge in [0.25, 0.3) is 5.56 Å². The highest BCUT2D eigenvalue weighted by molar-refractivity contribution is 7.19. The molecule has 9 nitrogen and oxygen atoms in total. The van der Waals surface area contributed by atoms with Crippen molar-refractivity contribution in [3.63, 3.8) is 0 Å². The van der Waals surface area contributed by atoms with Crippen LogP contribution in [0.3, 0.4) is 0 Å². The monoisotopic (exact) mass is 466 g/mol. The first-order valence-electron chi connectivity index (χ1n) is 10.8. The van der Waals surface area contributed by atoms with Crippen LogP contribution in [0.15, 0.2) is 59.8 Å². The Morgan fingerprint density at radius 3 is 2.82 bits per heavy atom. The minimum absolute atomic E-state index is 0.128. The third kappa shape index (κ3) is 2.82. The van der Waals surface area contributed by atoms with Gasteiger partial charge in [-0.25, -0.2) is 9.67 Å². The van der Waals surface area contributed by atoms with Crippen LogP contribution in [0.25, 0.3) is 43.1 Å². The fourth-order valence-corrected chi connectivity index (χ4v) is 5.76. The Bertz CT molecular complexity index is 1920. The Kier molecular flexibility index (Phi) is 4.00. The van der Waals surface area contributed by atoms with Gasteiger partial charge in [-0.3, -0.25) is 15.0 Å². The summed E-state index contributed by atoms with van der Waals surface area (Å²) >= 11 is 1.61. The number of hydrogen-bond donors (Lipinski definition) is 2. The van der Waals surface area contributed by atoms with E-state index in [0.29, 0.717) is 12.1 Å². The standard InChI is InChI=1S/C24H18N8OS/c1-31-21-17(11-27-32(24(21)33)12-15-3-2-4-18-16(15)10-26-29-18)22-23(31)28-20(34-22)8-13-5-6-14-9-25-30-19(14)7-13/h2-7,9-11H,8,12H2,1H3,(H,25,30)(H,26,29). The molecule has 0 amide bonds. The summed E-state index contributed by atoms with van der Waals surface area (Å²) in [7, 11) is 1.90. The number of hydrogen-bond acceptors (Lipinski definition) is 6. The predicted octanol–water partition coefficient (Wildman–Crippen LogP) is 3.74. The van der Waals surface area contributed by atoms with E-state index in [1.165, 1.54) is 4.68 Å². The molecule has 0 aliphatic carbocycles. The van der Waals surface area contributed by atoms with Gasteiger partial charge in [-0.1, -0.05) is 24.3 Å². The molecule has 10 heteroatoms. The summed E-state index contributed by atoms with van der Waals surface area (Å²) < 4.78 is 4.39. The van der Waals surface area contributed by atoms with Crippen LogP contribution in [-0.4, -0.2) is 39.7 Å². The zero-order valence-electron chi connectivity index (χ0n) is 18.1. The van der Waals surface area contributed by atoms with Crippen molar-refractivity contribution in [3.8, 4) is 0 Å². The molecule has 0 spiro atoms. The lowest BCUT2D eigenvalue weighted by Crippen LogP contribution is -2.24. The van der Waals surface area contributed by atoms with Crippen LogP contribution in [-0.2, 0) is 20.0 Å². The van der Waals surface area contributed by atoms with E-state index >= 15 is 0 Å². The lowest BCUT2D eigenvalue weighted by molar-refractivity contribution is 0.647. The molecule has 7 aromatic rings. The van der Waals surface area contributed by atoms with Gasteiger partial charge in [0.05, 0.1) is 40.9 Å². The number of nitrogens with zero attached hydrogens (tertiary/aromatic N) is 6. The largest absolute Gasteiger partial charge is 0.323 e. The summed E-state index contributed by atoms with van der Waals surface area (Å²) in [5.74, 6) is 0. The molecule has 0 saturated carbocycles. The van der Waals surface area contributed by atoms with Crippen LogP contribution in [0.4, 0.5) is 0 Å². The second kappa shape index (κ2) is 7.09. The number of aromatic amines is 2. The molecule has 0 radical (unpaired) electrons. The molecule has 0 aliphatic heterocycles. The molecule has 166 valence electrons. The first-order valence-corrected chi connectivity index (χ1v) is 11.6. The van der Waals surface area contributed by atoms with Gasteiger partial charge in [-0.2, -0.15) is 15.3 Å². The summed E-state index contributed by atoms with van der Waals surface area (Å²) in [5, 5.41) is 22.6. The van der Waals surface area contributed by atoms with Crippen LogP contribution in [0, 0.1) is 0 Å². The first-order chi connectivity index (χ1) is 16.7. The Hall–Kier alpha value is -4.31. The van der Waals surface area contributed by atoms with Crippen molar-refractivity contribution in [2.45, 2.75) is 13.0 Å². The minimum Gasteiger partial charge on any atom is -0.323 e. The molecule has 7 rings (SSSR count). The molecule has 2 aromatic carbocycles. The molecular formula is C24H18N8OS. The van der Waals surface area contributed by atoms with Gasteiger partial charge in [0.2, 0.25) is 0 Å². The van der Waals surface area contributed by atoms with Gasteiger partial charge in [0.15, 0.2) is 5.65 Å². The highest BCUT2D eigenvalue weighted by Gasteiger charge is 2.19. The summed E-state index contributed by atoms with van der Waals surface area (Å²) in [4.78, 5) is 18.3. The number of H-pyrrole nitrogens is 2. The highest BCUT2D eigenvalue weighted by Crippen LogP contribution is 2.32. The van der Waals surface area contributed by atoms with E-state index in [4.69, 9.17) is 4.98 Å². The summed E-state index contributed by atoms with van der Waals surface area (Å²) in [6.07, 6.45) is 6.10. The number of thiazole rings is 1. The third-order valence-electron chi connectivity index (χ3n) is 6.33. The second-order valence-corrected chi connectivity index (χ2v) is 9.49. The average Bonchev–Trinajstić information content (AvgIpc) is 3.61. The number of rotatable bonds is 4. The lowest BCUT2D eigenvalue weighted by atomic mass is 10.1. The molecule has 0 bridgehead atoms. The smallest absolute Gasteiger partial charge is 0.291 e. The zero-order chi connectivity index (χ0) is 22.8. The third-order valence-corrected chi connectivity index (χ3v) is 7.40. The van der Waals surface area contributed by atoms with E-state index in [1.807, 2.05) is 36.0 Å². The van der Waals surface area contributed by atoms with E-state index in [9.17, 15) is 4.79 Å². The molecule has 0 aliphatic rings. The van der Waals surface area contributed by atoms with Gasteiger partial charge in [0, 0.05) is 29.6 Å². The molecule has 0 atom stereocenters. The van der Waals surface area contributed by atoms with Gasteiger partial charge in [-0.15, -0.1) is 11.3 Å². The maximum Gasteiger partial charge on any atom is 0.291 e. The average molecular weight is 467 g/mol. The molecule has 34 heavy (non-hydrogen) atoms. The van der Waals surface area contributed by atoms with E-state index in [1.54, 1.807) is 23.7 Å². The zero-order valence-corrected chi connectivity index (χ0v) is 18.9. The number of benzene rings is 2. The van der Waals surface area contributed by atoms with Crippen LogP contribution in [0.2, 0.25) is 0 Å². The summed E-state index contributed by atoms with van der Waals surface area (Å²) in [6, 6.07) is 12.2. The number of nitrogens with one attached hydrogen (secondary N) is 2.